The van der Waals surface area contributed by atoms with Crippen molar-refractivity contribution < 1.29 is 9.66 Å². The van der Waals surface area contributed by atoms with Gasteiger partial charge in [-0.05, 0) is 42.7 Å². The third kappa shape index (κ3) is 4.46. The number of aryl methyl sites for hydroxylation is 1. The summed E-state index contributed by atoms with van der Waals surface area (Å²) in [6.07, 6.45) is 1.58. The lowest BCUT2D eigenvalue weighted by Crippen LogP contribution is -2.02. The van der Waals surface area contributed by atoms with Crippen LogP contribution >= 0.6 is 15.9 Å². The van der Waals surface area contributed by atoms with Gasteiger partial charge in [0.05, 0.1) is 11.5 Å². The highest BCUT2D eigenvalue weighted by Crippen LogP contribution is 2.30. The average molecular weight is 351 g/mol. The summed E-state index contributed by atoms with van der Waals surface area (Å²) in [5.41, 5.74) is 7.54. The monoisotopic (exact) mass is 350 g/mol. The Kier molecular flexibility index (Phi) is 5.16. The third-order valence-electron chi connectivity index (χ3n) is 2.94. The molecule has 110 valence electrons. The second kappa shape index (κ2) is 7.08. The summed E-state index contributed by atoms with van der Waals surface area (Å²) in [5, 5.41) is 11.0. The number of benzene rings is 2. The molecule has 2 aromatic rings. The number of nitrogen functional groups attached to an aromatic ring is 1. The Bertz CT molecular complexity index is 647. The molecule has 0 heterocycles. The molecule has 2 rings (SSSR count). The maximum absolute atomic E-state index is 11.0. The molecule has 0 aromatic heterocycles. The van der Waals surface area contributed by atoms with Gasteiger partial charge in [0.25, 0.3) is 0 Å². The molecule has 0 aliphatic heterocycles. The first kappa shape index (κ1) is 15.3. The Morgan fingerprint density at radius 3 is 2.76 bits per heavy atom. The van der Waals surface area contributed by atoms with Crippen molar-refractivity contribution in [2.24, 2.45) is 0 Å². The summed E-state index contributed by atoms with van der Waals surface area (Å²) in [4.78, 5) is 10.5. The van der Waals surface area contributed by atoms with Crippen LogP contribution in [0, 0.1) is 10.1 Å². The molecule has 0 saturated heterocycles. The molecule has 0 unspecified atom stereocenters. The molecule has 21 heavy (non-hydrogen) atoms. The van der Waals surface area contributed by atoms with E-state index in [1.54, 1.807) is 12.1 Å². The molecular weight excluding hydrogens is 336 g/mol. The van der Waals surface area contributed by atoms with Crippen LogP contribution in [0.1, 0.15) is 12.0 Å². The van der Waals surface area contributed by atoms with Crippen LogP contribution < -0.4 is 10.5 Å². The minimum Gasteiger partial charge on any atom is -0.487 e. The molecule has 0 bridgehead atoms. The van der Waals surface area contributed by atoms with Gasteiger partial charge >= 0.3 is 5.69 Å². The van der Waals surface area contributed by atoms with E-state index in [-0.39, 0.29) is 11.4 Å². The van der Waals surface area contributed by atoms with Crippen LogP contribution in [0.2, 0.25) is 0 Å². The molecule has 0 amide bonds. The van der Waals surface area contributed by atoms with Gasteiger partial charge in [-0.3, -0.25) is 10.1 Å². The number of anilines is 1. The molecule has 0 spiro atoms. The Hall–Kier alpha value is -2.08. The van der Waals surface area contributed by atoms with E-state index in [1.807, 2.05) is 24.3 Å². The van der Waals surface area contributed by atoms with Crippen molar-refractivity contribution in [2.75, 3.05) is 12.3 Å². The van der Waals surface area contributed by atoms with E-state index in [4.69, 9.17) is 10.5 Å². The van der Waals surface area contributed by atoms with Crippen molar-refractivity contribution in [1.29, 1.82) is 0 Å². The second-order valence-electron chi connectivity index (χ2n) is 4.57. The van der Waals surface area contributed by atoms with Gasteiger partial charge in [0.2, 0.25) is 0 Å². The molecular formula is C15H15BrN2O3. The lowest BCUT2D eigenvalue weighted by molar-refractivity contribution is -0.385. The number of halogens is 1. The van der Waals surface area contributed by atoms with Crippen molar-refractivity contribution in [3.63, 3.8) is 0 Å². The third-order valence-corrected chi connectivity index (χ3v) is 3.43. The number of nitro benzene ring substituents is 1. The highest BCUT2D eigenvalue weighted by Gasteiger charge is 2.15. The fourth-order valence-corrected chi connectivity index (χ4v) is 2.31. The van der Waals surface area contributed by atoms with E-state index >= 15 is 0 Å². The van der Waals surface area contributed by atoms with Crippen molar-refractivity contribution in [3.8, 4) is 5.75 Å². The first-order valence-corrected chi connectivity index (χ1v) is 7.27. The van der Waals surface area contributed by atoms with Gasteiger partial charge in [0, 0.05) is 16.2 Å². The summed E-state index contributed by atoms with van der Waals surface area (Å²) in [6, 6.07) is 12.4. The minimum absolute atomic E-state index is 0.0340. The Morgan fingerprint density at radius 2 is 2.05 bits per heavy atom. The van der Waals surface area contributed by atoms with Crippen molar-refractivity contribution in [3.05, 3.63) is 62.6 Å². The molecule has 2 aromatic carbocycles. The van der Waals surface area contributed by atoms with Gasteiger partial charge < -0.3 is 10.5 Å². The number of hydrogen-bond acceptors (Lipinski definition) is 4. The normalized spacial score (nSPS) is 10.3. The van der Waals surface area contributed by atoms with E-state index in [2.05, 4.69) is 15.9 Å². The molecule has 0 aliphatic carbocycles. The van der Waals surface area contributed by atoms with E-state index in [9.17, 15) is 10.1 Å². The van der Waals surface area contributed by atoms with Gasteiger partial charge in [-0.15, -0.1) is 0 Å². The largest absolute Gasteiger partial charge is 0.487 e. The first-order valence-electron chi connectivity index (χ1n) is 6.47. The molecule has 5 nitrogen and oxygen atoms in total. The van der Waals surface area contributed by atoms with Gasteiger partial charge in [-0.25, -0.2) is 0 Å². The maximum atomic E-state index is 11.0. The Labute approximate surface area is 131 Å². The number of nitrogens with two attached hydrogens (primary N) is 1. The lowest BCUT2D eigenvalue weighted by Gasteiger charge is -2.07. The summed E-state index contributed by atoms with van der Waals surface area (Å²) in [7, 11) is 0. The quantitative estimate of drug-likeness (QED) is 0.370. The molecule has 0 fully saturated rings. The van der Waals surface area contributed by atoms with Gasteiger partial charge in [-0.2, -0.15) is 0 Å². The number of nitro groups is 1. The highest BCUT2D eigenvalue weighted by atomic mass is 79.9. The van der Waals surface area contributed by atoms with Crippen molar-refractivity contribution in [1.82, 2.24) is 0 Å². The summed E-state index contributed by atoms with van der Waals surface area (Å²) >= 11 is 3.21. The van der Waals surface area contributed by atoms with Crippen LogP contribution in [0.5, 0.6) is 5.75 Å². The highest BCUT2D eigenvalue weighted by molar-refractivity contribution is 9.10. The molecule has 0 atom stereocenters. The molecule has 6 heteroatoms. The number of ether oxygens (including phenoxy) is 1. The van der Waals surface area contributed by atoms with Crippen LogP contribution in [-0.2, 0) is 6.42 Å². The Morgan fingerprint density at radius 1 is 1.24 bits per heavy atom. The van der Waals surface area contributed by atoms with E-state index in [0.29, 0.717) is 11.1 Å². The summed E-state index contributed by atoms with van der Waals surface area (Å²) in [6.45, 7) is 0.414. The number of hydrogen-bond donors (Lipinski definition) is 1. The fourth-order valence-electron chi connectivity index (χ4n) is 1.96. The summed E-state index contributed by atoms with van der Waals surface area (Å²) < 4.78 is 6.17. The minimum atomic E-state index is -0.446. The average Bonchev–Trinajstić information content (AvgIpc) is 2.44. The second-order valence-corrected chi connectivity index (χ2v) is 5.48. The van der Waals surface area contributed by atoms with E-state index < -0.39 is 4.92 Å². The van der Waals surface area contributed by atoms with Gasteiger partial charge in [0.1, 0.15) is 0 Å². The maximum Gasteiger partial charge on any atom is 0.312 e. The molecule has 2 N–H and O–H groups in total. The zero-order chi connectivity index (χ0) is 15.2. The standard InChI is InChI=1S/C15H15BrN2O3/c16-12-6-7-15(14(10-12)18(19)20)21-8-2-4-11-3-1-5-13(17)9-11/h1,3,5-7,9-10H,2,4,8,17H2. The predicted octanol–water partition coefficient (Wildman–Crippen LogP) is 3.95. The summed E-state index contributed by atoms with van der Waals surface area (Å²) in [5.74, 6) is 0.288. The number of nitrogens with zero attached hydrogens (tertiary/aromatic N) is 1. The zero-order valence-corrected chi connectivity index (χ0v) is 12.9. The smallest absolute Gasteiger partial charge is 0.312 e. The van der Waals surface area contributed by atoms with Crippen molar-refractivity contribution in [2.45, 2.75) is 12.8 Å². The van der Waals surface area contributed by atoms with Crippen LogP contribution in [0.15, 0.2) is 46.9 Å². The van der Waals surface area contributed by atoms with Gasteiger partial charge in [-0.1, -0.05) is 28.1 Å². The van der Waals surface area contributed by atoms with Gasteiger partial charge in [0.15, 0.2) is 5.75 Å². The SMILES string of the molecule is Nc1cccc(CCCOc2ccc(Br)cc2[N+](=O)[O-])c1. The van der Waals surface area contributed by atoms with E-state index in [1.165, 1.54) is 6.07 Å². The molecule has 0 aliphatic rings. The fraction of sp³-hybridized carbons (Fsp3) is 0.200. The lowest BCUT2D eigenvalue weighted by atomic mass is 10.1. The molecule has 0 saturated carbocycles. The zero-order valence-electron chi connectivity index (χ0n) is 11.3. The van der Waals surface area contributed by atoms with Crippen LogP contribution in [0.3, 0.4) is 0 Å². The van der Waals surface area contributed by atoms with Crippen LogP contribution in [0.25, 0.3) is 0 Å². The van der Waals surface area contributed by atoms with Crippen LogP contribution in [0.4, 0.5) is 11.4 Å². The van der Waals surface area contributed by atoms with E-state index in [0.717, 1.165) is 24.1 Å². The van der Waals surface area contributed by atoms with Crippen molar-refractivity contribution >= 4 is 27.3 Å². The number of rotatable bonds is 6. The Balaban J connectivity index is 1.90. The molecule has 0 radical (unpaired) electrons. The topological polar surface area (TPSA) is 78.4 Å². The van der Waals surface area contributed by atoms with Crippen LogP contribution in [-0.4, -0.2) is 11.5 Å². The predicted molar refractivity (Wildman–Crippen MR) is 85.5 cm³/mol. The first-order chi connectivity index (χ1) is 10.1.